The van der Waals surface area contributed by atoms with Crippen molar-refractivity contribution in [3.63, 3.8) is 0 Å². The Balaban J connectivity index is 1.69. The summed E-state index contributed by atoms with van der Waals surface area (Å²) in [5, 5.41) is 6.77. The number of nitrogens with one attached hydrogen (secondary N) is 2. The molecule has 7 heteroatoms. The fourth-order valence-corrected chi connectivity index (χ4v) is 3.52. The average molecular weight is 403 g/mol. The number of benzene rings is 1. The number of anilines is 1. The molecule has 2 rings (SSSR count). The van der Waals surface area contributed by atoms with Crippen LogP contribution >= 0.6 is 0 Å². The normalized spacial score (nSPS) is 15.3. The number of carbonyl (C=O) groups is 1. The van der Waals surface area contributed by atoms with Crippen LogP contribution in [0, 0.1) is 0 Å². The van der Waals surface area contributed by atoms with E-state index in [2.05, 4.69) is 64.6 Å². The van der Waals surface area contributed by atoms with Gasteiger partial charge >= 0.3 is 0 Å². The predicted octanol–water partition coefficient (Wildman–Crippen LogP) is 1.62. The van der Waals surface area contributed by atoms with Crippen LogP contribution in [-0.2, 0) is 4.79 Å². The molecule has 7 nitrogen and oxygen atoms in total. The van der Waals surface area contributed by atoms with Crippen LogP contribution < -0.4 is 15.5 Å². The summed E-state index contributed by atoms with van der Waals surface area (Å²) in [4.78, 5) is 22.8. The van der Waals surface area contributed by atoms with E-state index in [1.54, 1.807) is 6.92 Å². The van der Waals surface area contributed by atoms with Gasteiger partial charge in [0.25, 0.3) is 0 Å². The zero-order valence-electron chi connectivity index (χ0n) is 18.4. The monoisotopic (exact) mass is 402 g/mol. The third-order valence-electron chi connectivity index (χ3n) is 5.24. The third kappa shape index (κ3) is 8.31. The summed E-state index contributed by atoms with van der Waals surface area (Å²) in [6.45, 7) is 15.0. The Hall–Kier alpha value is -2.28. The lowest BCUT2D eigenvalue weighted by Gasteiger charge is -2.34. The van der Waals surface area contributed by atoms with Gasteiger partial charge in [0, 0.05) is 78.1 Å². The Labute approximate surface area is 176 Å². The zero-order valence-corrected chi connectivity index (χ0v) is 18.4. The Morgan fingerprint density at radius 3 is 2.45 bits per heavy atom. The maximum atomic E-state index is 11.4. The van der Waals surface area contributed by atoms with Gasteiger partial charge in [-0.05, 0) is 32.4 Å². The zero-order chi connectivity index (χ0) is 20.9. The lowest BCUT2D eigenvalue weighted by molar-refractivity contribution is -0.130. The van der Waals surface area contributed by atoms with Crippen LogP contribution in [0.3, 0.4) is 0 Å². The molecule has 0 aliphatic carbocycles. The molecule has 0 spiro atoms. The van der Waals surface area contributed by atoms with E-state index in [0.717, 1.165) is 77.8 Å². The van der Waals surface area contributed by atoms with E-state index in [-0.39, 0.29) is 5.91 Å². The fourth-order valence-electron chi connectivity index (χ4n) is 3.52. The Bertz CT molecular complexity index is 613. The van der Waals surface area contributed by atoms with Gasteiger partial charge in [0.05, 0.1) is 0 Å². The smallest absolute Gasteiger partial charge is 0.219 e. The molecule has 0 aromatic heterocycles. The maximum Gasteiger partial charge on any atom is 0.219 e. The van der Waals surface area contributed by atoms with Crippen molar-refractivity contribution in [3.05, 3.63) is 30.3 Å². The summed E-state index contributed by atoms with van der Waals surface area (Å²) in [5.74, 6) is 1.07. The summed E-state index contributed by atoms with van der Waals surface area (Å²) in [5.41, 5.74) is 1.27. The first-order valence-corrected chi connectivity index (χ1v) is 10.9. The van der Waals surface area contributed by atoms with Crippen molar-refractivity contribution < 1.29 is 4.79 Å². The summed E-state index contributed by atoms with van der Waals surface area (Å²) in [6, 6.07) is 10.6. The van der Waals surface area contributed by atoms with Crippen LogP contribution in [-0.4, -0.2) is 87.1 Å². The summed E-state index contributed by atoms with van der Waals surface area (Å²) < 4.78 is 0. The van der Waals surface area contributed by atoms with Crippen LogP contribution in [0.4, 0.5) is 5.69 Å². The van der Waals surface area contributed by atoms with E-state index in [9.17, 15) is 4.79 Å². The van der Waals surface area contributed by atoms with Crippen molar-refractivity contribution >= 4 is 17.6 Å². The number of carbonyl (C=O) groups excluding carboxylic acids is 1. The van der Waals surface area contributed by atoms with Crippen molar-refractivity contribution in [2.24, 2.45) is 4.99 Å². The summed E-state index contributed by atoms with van der Waals surface area (Å²) in [7, 11) is 0. The van der Waals surface area contributed by atoms with Crippen molar-refractivity contribution in [1.82, 2.24) is 20.4 Å². The molecule has 162 valence electrons. The van der Waals surface area contributed by atoms with Gasteiger partial charge in [-0.15, -0.1) is 0 Å². The minimum Gasteiger partial charge on any atom is -0.372 e. The highest BCUT2D eigenvalue weighted by Gasteiger charge is 2.17. The van der Waals surface area contributed by atoms with E-state index in [0.29, 0.717) is 0 Å². The molecule has 0 saturated carbocycles. The fraction of sp³-hybridized carbons (Fsp3) is 0.636. The molecule has 0 bridgehead atoms. The molecule has 1 aliphatic heterocycles. The summed E-state index contributed by atoms with van der Waals surface area (Å²) >= 11 is 0. The van der Waals surface area contributed by atoms with Crippen molar-refractivity contribution in [1.29, 1.82) is 0 Å². The van der Waals surface area contributed by atoms with Crippen molar-refractivity contribution in [2.45, 2.75) is 27.2 Å². The van der Waals surface area contributed by atoms with Crippen LogP contribution in [0.2, 0.25) is 0 Å². The molecule has 1 aromatic carbocycles. The molecule has 1 amide bonds. The number of guanidine groups is 1. The van der Waals surface area contributed by atoms with Gasteiger partial charge in [-0.3, -0.25) is 14.7 Å². The standard InChI is InChI=1S/C22H38N6O/c1-4-23-22(25-13-15-26-16-18-28(19-17-26)20(3)29)24-12-9-14-27(5-2)21-10-7-6-8-11-21/h6-8,10-11H,4-5,9,12-19H2,1-3H3,(H2,23,24,25). The second kappa shape index (κ2) is 13.0. The van der Waals surface area contributed by atoms with Gasteiger partial charge in [-0.25, -0.2) is 0 Å². The lowest BCUT2D eigenvalue weighted by atomic mass is 10.2. The number of rotatable bonds is 10. The molecule has 2 N–H and O–H groups in total. The number of para-hydroxylation sites is 1. The highest BCUT2D eigenvalue weighted by atomic mass is 16.2. The first-order chi connectivity index (χ1) is 14.1. The Kier molecular flexibility index (Phi) is 10.3. The van der Waals surface area contributed by atoms with Gasteiger partial charge in [-0.1, -0.05) is 18.2 Å². The molecule has 0 unspecified atom stereocenters. The number of hydrogen-bond donors (Lipinski definition) is 2. The number of amides is 1. The molecule has 1 heterocycles. The molecule has 1 aromatic rings. The van der Waals surface area contributed by atoms with Crippen LogP contribution in [0.25, 0.3) is 0 Å². The number of aliphatic imine (C=N–C) groups is 1. The Morgan fingerprint density at radius 2 is 1.83 bits per heavy atom. The molecule has 0 atom stereocenters. The second-order valence-electron chi connectivity index (χ2n) is 7.30. The van der Waals surface area contributed by atoms with Gasteiger partial charge in [-0.2, -0.15) is 0 Å². The first-order valence-electron chi connectivity index (χ1n) is 10.9. The maximum absolute atomic E-state index is 11.4. The van der Waals surface area contributed by atoms with Crippen LogP contribution in [0.15, 0.2) is 35.3 Å². The van der Waals surface area contributed by atoms with E-state index in [1.165, 1.54) is 5.69 Å². The minimum atomic E-state index is 0.179. The second-order valence-corrected chi connectivity index (χ2v) is 7.30. The van der Waals surface area contributed by atoms with E-state index in [1.807, 2.05) is 4.90 Å². The largest absolute Gasteiger partial charge is 0.372 e. The van der Waals surface area contributed by atoms with E-state index >= 15 is 0 Å². The van der Waals surface area contributed by atoms with Gasteiger partial charge < -0.3 is 20.4 Å². The van der Waals surface area contributed by atoms with E-state index < -0.39 is 0 Å². The lowest BCUT2D eigenvalue weighted by Crippen LogP contribution is -2.50. The molecule has 0 radical (unpaired) electrons. The number of nitrogens with zero attached hydrogens (tertiary/aromatic N) is 4. The topological polar surface area (TPSA) is 63.2 Å². The minimum absolute atomic E-state index is 0.179. The summed E-state index contributed by atoms with van der Waals surface area (Å²) in [6.07, 6.45) is 1.02. The van der Waals surface area contributed by atoms with Crippen LogP contribution in [0.1, 0.15) is 27.2 Å². The third-order valence-corrected chi connectivity index (χ3v) is 5.24. The van der Waals surface area contributed by atoms with Gasteiger partial charge in [0.2, 0.25) is 5.91 Å². The highest BCUT2D eigenvalue weighted by Crippen LogP contribution is 2.12. The van der Waals surface area contributed by atoms with E-state index in [4.69, 9.17) is 4.99 Å². The predicted molar refractivity (Wildman–Crippen MR) is 122 cm³/mol. The average Bonchev–Trinajstić information content (AvgIpc) is 2.74. The molecule has 1 aliphatic rings. The molecule has 1 saturated heterocycles. The molecule has 29 heavy (non-hydrogen) atoms. The molecular weight excluding hydrogens is 364 g/mol. The number of piperazine rings is 1. The first kappa shape index (κ1) is 23.0. The van der Waals surface area contributed by atoms with Crippen molar-refractivity contribution in [3.8, 4) is 0 Å². The van der Waals surface area contributed by atoms with Crippen LogP contribution in [0.5, 0.6) is 0 Å². The SMILES string of the molecule is CCNC(=NCCCN(CC)c1ccccc1)NCCN1CCN(C(C)=O)CC1. The van der Waals surface area contributed by atoms with Gasteiger partial charge in [0.1, 0.15) is 0 Å². The number of hydrogen-bond acceptors (Lipinski definition) is 4. The molecular formula is C22H38N6O. The molecule has 1 fully saturated rings. The van der Waals surface area contributed by atoms with Gasteiger partial charge in [0.15, 0.2) is 5.96 Å². The van der Waals surface area contributed by atoms with Crippen molar-refractivity contribution in [2.75, 3.05) is 70.3 Å². The Morgan fingerprint density at radius 1 is 1.10 bits per heavy atom. The highest BCUT2D eigenvalue weighted by molar-refractivity contribution is 5.79. The quantitative estimate of drug-likeness (QED) is 0.354.